The predicted octanol–water partition coefficient (Wildman–Crippen LogP) is 2.63. The highest BCUT2D eigenvalue weighted by molar-refractivity contribution is 9.10. The van der Waals surface area contributed by atoms with Gasteiger partial charge in [-0.3, -0.25) is 9.59 Å². The Bertz CT molecular complexity index is 863. The second kappa shape index (κ2) is 9.21. The molecule has 0 aliphatic heterocycles. The average molecular weight is 426 g/mol. The second-order valence-electron chi connectivity index (χ2n) is 5.86. The van der Waals surface area contributed by atoms with Crippen molar-refractivity contribution < 1.29 is 19.0 Å². The first-order chi connectivity index (χ1) is 12.4. The molecule has 0 unspecified atom stereocenters. The van der Waals surface area contributed by atoms with Crippen LogP contribution in [0, 0.1) is 5.82 Å². The largest absolute Gasteiger partial charge is 0.394 e. The van der Waals surface area contributed by atoms with Gasteiger partial charge in [0, 0.05) is 34.8 Å². The first kappa shape index (κ1) is 20.5. The summed E-state index contributed by atoms with van der Waals surface area (Å²) in [5.74, 6) is -0.724. The van der Waals surface area contributed by atoms with E-state index >= 15 is 0 Å². The van der Waals surface area contributed by atoms with E-state index < -0.39 is 5.82 Å². The van der Waals surface area contributed by atoms with Crippen molar-refractivity contribution in [1.29, 1.82) is 0 Å². The van der Waals surface area contributed by atoms with E-state index in [1.54, 1.807) is 25.2 Å². The number of aliphatic hydroxyl groups excluding tert-OH is 1. The number of ketones is 1. The normalized spacial score (nSPS) is 11.0. The summed E-state index contributed by atoms with van der Waals surface area (Å²) in [6.45, 7) is 1.49. The second-order valence-corrected chi connectivity index (χ2v) is 6.78. The maximum absolute atomic E-state index is 14.2. The van der Waals surface area contributed by atoms with Crippen molar-refractivity contribution in [2.45, 2.75) is 19.8 Å². The summed E-state index contributed by atoms with van der Waals surface area (Å²) < 4.78 is 21.4. The van der Waals surface area contributed by atoms with Gasteiger partial charge in [0.05, 0.1) is 13.2 Å². The number of halogens is 2. The molecule has 0 amide bonds. The molecule has 0 aliphatic rings. The first-order valence-electron chi connectivity index (χ1n) is 8.26. The van der Waals surface area contributed by atoms with Crippen LogP contribution in [0.15, 0.2) is 33.5 Å². The third kappa shape index (κ3) is 4.66. The fourth-order valence-corrected chi connectivity index (χ4v) is 3.03. The number of carbonyl (C=O) groups excluding carboxylic acids is 1. The lowest BCUT2D eigenvalue weighted by atomic mass is 9.99. The first-order valence-corrected chi connectivity index (χ1v) is 9.05. The number of aromatic nitrogens is 1. The number of hydrogen-bond donors (Lipinski definition) is 1. The van der Waals surface area contributed by atoms with Crippen LogP contribution in [0.2, 0.25) is 0 Å². The lowest BCUT2D eigenvalue weighted by Crippen LogP contribution is -2.28. The van der Waals surface area contributed by atoms with Gasteiger partial charge in [0.2, 0.25) is 0 Å². The van der Waals surface area contributed by atoms with Gasteiger partial charge in [-0.15, -0.1) is 0 Å². The highest BCUT2D eigenvalue weighted by Gasteiger charge is 2.19. The Balaban J connectivity index is 2.49. The summed E-state index contributed by atoms with van der Waals surface area (Å²) in [4.78, 5) is 25.0. The van der Waals surface area contributed by atoms with Crippen molar-refractivity contribution in [3.8, 4) is 0 Å². The molecule has 140 valence electrons. The topological polar surface area (TPSA) is 68.5 Å². The molecule has 0 saturated heterocycles. The van der Waals surface area contributed by atoms with Crippen LogP contribution < -0.4 is 5.56 Å². The molecular formula is C19H21BrFNO4. The lowest BCUT2D eigenvalue weighted by Gasteiger charge is -2.16. The van der Waals surface area contributed by atoms with Crippen LogP contribution >= 0.6 is 15.9 Å². The Morgan fingerprint density at radius 3 is 2.65 bits per heavy atom. The summed E-state index contributed by atoms with van der Waals surface area (Å²) in [6.07, 6.45) is 0.591. The highest BCUT2D eigenvalue weighted by atomic mass is 79.9. The van der Waals surface area contributed by atoms with Crippen LogP contribution in [0.1, 0.15) is 34.1 Å². The molecule has 1 N–H and O–H groups in total. The van der Waals surface area contributed by atoms with Crippen molar-refractivity contribution >= 4 is 21.7 Å². The zero-order chi connectivity index (χ0) is 19.3. The molecule has 0 atom stereocenters. The highest BCUT2D eigenvalue weighted by Crippen LogP contribution is 2.20. The van der Waals surface area contributed by atoms with Crippen LogP contribution in [0.5, 0.6) is 0 Å². The number of rotatable bonds is 8. The van der Waals surface area contributed by atoms with Crippen molar-refractivity contribution in [2.24, 2.45) is 7.05 Å². The molecular weight excluding hydrogens is 405 g/mol. The Kier molecular flexibility index (Phi) is 7.25. The monoisotopic (exact) mass is 425 g/mol. The zero-order valence-electron chi connectivity index (χ0n) is 14.7. The van der Waals surface area contributed by atoms with Crippen molar-refractivity contribution in [2.75, 3.05) is 19.8 Å². The minimum Gasteiger partial charge on any atom is -0.394 e. The van der Waals surface area contributed by atoms with Gasteiger partial charge in [0.25, 0.3) is 5.56 Å². The van der Waals surface area contributed by atoms with Crippen LogP contribution in [0.25, 0.3) is 0 Å². The fourth-order valence-electron chi connectivity index (χ4n) is 2.70. The van der Waals surface area contributed by atoms with E-state index in [-0.39, 0.29) is 37.6 Å². The van der Waals surface area contributed by atoms with Gasteiger partial charge >= 0.3 is 0 Å². The van der Waals surface area contributed by atoms with E-state index in [4.69, 9.17) is 9.84 Å². The molecule has 1 aromatic heterocycles. The minimum absolute atomic E-state index is 0.0504. The number of hydrogen-bond acceptors (Lipinski definition) is 4. The van der Waals surface area contributed by atoms with Gasteiger partial charge in [0.1, 0.15) is 12.4 Å². The Hall–Kier alpha value is -1.83. The Morgan fingerprint density at radius 1 is 1.31 bits per heavy atom. The molecule has 7 heteroatoms. The summed E-state index contributed by atoms with van der Waals surface area (Å²) in [5, 5.41) is 8.79. The molecule has 5 nitrogen and oxygen atoms in total. The number of pyridine rings is 1. The van der Waals surface area contributed by atoms with Crippen LogP contribution in [0.4, 0.5) is 4.39 Å². The SMILES string of the molecule is CCc1cc(C(=O)COCCO)c(Cc2ccc(Br)cc2F)n(C)c1=O. The zero-order valence-corrected chi connectivity index (χ0v) is 16.3. The number of Topliss-reactive ketones (excluding diaryl/α,β-unsaturated/α-hetero) is 1. The van der Waals surface area contributed by atoms with E-state index in [9.17, 15) is 14.0 Å². The molecule has 0 saturated carbocycles. The van der Waals surface area contributed by atoms with Gasteiger partial charge in [-0.2, -0.15) is 0 Å². The smallest absolute Gasteiger partial charge is 0.253 e. The van der Waals surface area contributed by atoms with Crippen molar-refractivity contribution in [3.05, 3.63) is 67.3 Å². The quantitative estimate of drug-likeness (QED) is 0.521. The summed E-state index contributed by atoms with van der Waals surface area (Å²) >= 11 is 3.21. The van der Waals surface area contributed by atoms with Gasteiger partial charge < -0.3 is 14.4 Å². The summed E-state index contributed by atoms with van der Waals surface area (Å²) in [5.41, 5.74) is 1.47. The lowest BCUT2D eigenvalue weighted by molar-refractivity contribution is 0.0662. The van der Waals surface area contributed by atoms with Gasteiger partial charge in [-0.1, -0.05) is 28.9 Å². The third-order valence-corrected chi connectivity index (χ3v) is 4.63. The molecule has 0 aliphatic carbocycles. The van der Waals surface area contributed by atoms with E-state index in [2.05, 4.69) is 15.9 Å². The van der Waals surface area contributed by atoms with Crippen LogP contribution in [-0.4, -0.2) is 35.3 Å². The van der Waals surface area contributed by atoms with Gasteiger partial charge in [-0.25, -0.2) is 4.39 Å². The number of aliphatic hydroxyl groups is 1. The number of carbonyl (C=O) groups is 1. The molecule has 1 heterocycles. The van der Waals surface area contributed by atoms with Crippen molar-refractivity contribution in [1.82, 2.24) is 4.57 Å². The van der Waals surface area contributed by atoms with Crippen LogP contribution in [0.3, 0.4) is 0 Å². The predicted molar refractivity (Wildman–Crippen MR) is 100 cm³/mol. The van der Waals surface area contributed by atoms with E-state index in [1.165, 1.54) is 10.6 Å². The third-order valence-electron chi connectivity index (χ3n) is 4.14. The Morgan fingerprint density at radius 2 is 2.04 bits per heavy atom. The van der Waals surface area contributed by atoms with E-state index in [1.807, 2.05) is 6.92 Å². The fraction of sp³-hybridized carbons (Fsp3) is 0.368. The summed E-state index contributed by atoms with van der Waals surface area (Å²) in [7, 11) is 1.58. The van der Waals surface area contributed by atoms with Gasteiger partial charge in [0.15, 0.2) is 5.78 Å². The molecule has 0 bridgehead atoms. The molecule has 0 spiro atoms. The molecule has 2 rings (SSSR count). The molecule has 2 aromatic rings. The average Bonchev–Trinajstić information content (AvgIpc) is 2.61. The standard InChI is InChI=1S/C19H21BrFNO4/c1-3-12-8-15(18(24)11-26-7-6-23)17(22(2)19(12)25)9-13-4-5-14(20)10-16(13)21/h4-5,8,10,23H,3,6-7,9,11H2,1-2H3. The number of nitrogens with zero attached hydrogens (tertiary/aromatic N) is 1. The number of aryl methyl sites for hydroxylation is 1. The van der Waals surface area contributed by atoms with Crippen LogP contribution in [-0.2, 0) is 24.6 Å². The van der Waals surface area contributed by atoms with Gasteiger partial charge in [-0.05, 0) is 30.2 Å². The molecule has 0 fully saturated rings. The molecule has 1 aromatic carbocycles. The maximum atomic E-state index is 14.2. The van der Waals surface area contributed by atoms with Crippen molar-refractivity contribution in [3.63, 3.8) is 0 Å². The maximum Gasteiger partial charge on any atom is 0.253 e. The Labute approximate surface area is 159 Å². The molecule has 0 radical (unpaired) electrons. The summed E-state index contributed by atoms with van der Waals surface area (Å²) in [6, 6.07) is 6.25. The van der Waals surface area contributed by atoms with E-state index in [0.29, 0.717) is 33.3 Å². The molecule has 26 heavy (non-hydrogen) atoms. The number of benzene rings is 1. The van der Waals surface area contributed by atoms with E-state index in [0.717, 1.165) is 0 Å². The number of ether oxygens (including phenoxy) is 1. The minimum atomic E-state index is -0.415.